The Balaban J connectivity index is 2.91. The molecule has 0 saturated heterocycles. The van der Waals surface area contributed by atoms with Crippen molar-refractivity contribution >= 4 is 6.21 Å². The van der Waals surface area contributed by atoms with Crippen molar-refractivity contribution in [2.75, 3.05) is 0 Å². The topological polar surface area (TPSA) is 38.1 Å². The normalized spacial score (nSPS) is 12.3. The lowest BCUT2D eigenvalue weighted by atomic mass is 9.97. The Labute approximate surface area is 98.1 Å². The Bertz CT molecular complexity index is 379. The number of nitrogens with zero attached hydrogens (tertiary/aromatic N) is 3. The zero-order valence-corrected chi connectivity index (χ0v) is 10.9. The van der Waals surface area contributed by atoms with Gasteiger partial charge in [-0.15, -0.1) is 0 Å². The zero-order valence-electron chi connectivity index (χ0n) is 10.9. The van der Waals surface area contributed by atoms with Gasteiger partial charge in [0.05, 0.1) is 16.9 Å². The fourth-order valence-electron chi connectivity index (χ4n) is 1.38. The van der Waals surface area contributed by atoms with E-state index in [1.54, 1.807) is 6.20 Å². The highest BCUT2D eigenvalue weighted by atomic mass is 14.9. The van der Waals surface area contributed by atoms with Gasteiger partial charge in [-0.2, -0.15) is 0 Å². The summed E-state index contributed by atoms with van der Waals surface area (Å²) in [7, 11) is 0. The van der Waals surface area contributed by atoms with Crippen LogP contribution in [0.1, 0.15) is 50.7 Å². The predicted octanol–water partition coefficient (Wildman–Crippen LogP) is 3.09. The molecule has 1 aromatic heterocycles. The Kier molecular flexibility index (Phi) is 4.16. The summed E-state index contributed by atoms with van der Waals surface area (Å²) >= 11 is 0. The van der Waals surface area contributed by atoms with E-state index in [2.05, 4.69) is 35.7 Å². The molecule has 3 heteroatoms. The van der Waals surface area contributed by atoms with E-state index in [0.717, 1.165) is 29.9 Å². The van der Waals surface area contributed by atoms with E-state index in [1.807, 2.05) is 20.1 Å². The maximum Gasteiger partial charge on any atom is 0.102 e. The van der Waals surface area contributed by atoms with Crippen LogP contribution in [0.4, 0.5) is 0 Å². The first kappa shape index (κ1) is 12.8. The minimum Gasteiger partial charge on any atom is -0.285 e. The molecule has 16 heavy (non-hydrogen) atoms. The lowest BCUT2D eigenvalue weighted by molar-refractivity contribution is 0.443. The Morgan fingerprint density at radius 3 is 2.44 bits per heavy atom. The van der Waals surface area contributed by atoms with Crippen LogP contribution in [0, 0.1) is 13.8 Å². The summed E-state index contributed by atoms with van der Waals surface area (Å²) in [6.45, 7) is 10.4. The fraction of sp³-hybridized carbons (Fsp3) is 0.615. The van der Waals surface area contributed by atoms with E-state index in [-0.39, 0.29) is 5.54 Å². The molecule has 88 valence electrons. The van der Waals surface area contributed by atoms with Crippen LogP contribution in [-0.2, 0) is 0 Å². The van der Waals surface area contributed by atoms with Crippen molar-refractivity contribution in [3.8, 4) is 0 Å². The molecule has 0 aliphatic heterocycles. The van der Waals surface area contributed by atoms with Gasteiger partial charge in [0, 0.05) is 12.4 Å². The zero-order chi connectivity index (χ0) is 12.2. The largest absolute Gasteiger partial charge is 0.285 e. The Morgan fingerprint density at radius 2 is 1.94 bits per heavy atom. The van der Waals surface area contributed by atoms with Gasteiger partial charge in [0.1, 0.15) is 5.69 Å². The molecule has 0 atom stereocenters. The fourth-order valence-corrected chi connectivity index (χ4v) is 1.38. The predicted molar refractivity (Wildman–Crippen MR) is 68.1 cm³/mol. The minimum absolute atomic E-state index is 0.0268. The lowest BCUT2D eigenvalue weighted by Gasteiger charge is -2.20. The second kappa shape index (κ2) is 5.19. The molecule has 0 spiro atoms. The van der Waals surface area contributed by atoms with Crippen molar-refractivity contribution in [3.63, 3.8) is 0 Å². The molecule has 0 bridgehead atoms. The van der Waals surface area contributed by atoms with E-state index in [1.165, 1.54) is 0 Å². The monoisotopic (exact) mass is 219 g/mol. The molecule has 0 aliphatic rings. The molecule has 0 N–H and O–H groups in total. The average molecular weight is 219 g/mol. The molecule has 1 rings (SSSR count). The first-order valence-corrected chi connectivity index (χ1v) is 5.86. The Morgan fingerprint density at radius 1 is 1.31 bits per heavy atom. The van der Waals surface area contributed by atoms with Crippen molar-refractivity contribution < 1.29 is 0 Å². The van der Waals surface area contributed by atoms with Gasteiger partial charge in [-0.05, 0) is 33.6 Å². The summed E-state index contributed by atoms with van der Waals surface area (Å²) in [5.74, 6) is 0. The van der Waals surface area contributed by atoms with Gasteiger partial charge in [0.15, 0.2) is 0 Å². The maximum atomic E-state index is 4.63. The first-order valence-electron chi connectivity index (χ1n) is 5.86. The van der Waals surface area contributed by atoms with Crippen LogP contribution in [-0.4, -0.2) is 21.7 Å². The first-order chi connectivity index (χ1) is 7.50. The van der Waals surface area contributed by atoms with E-state index in [9.17, 15) is 0 Å². The average Bonchev–Trinajstić information content (AvgIpc) is 2.27. The van der Waals surface area contributed by atoms with Crippen LogP contribution in [0.5, 0.6) is 0 Å². The molecule has 0 saturated carbocycles. The summed E-state index contributed by atoms with van der Waals surface area (Å²) in [6, 6.07) is 0. The third kappa shape index (κ3) is 3.12. The molecule has 0 amide bonds. The second-order valence-corrected chi connectivity index (χ2v) is 4.44. The van der Waals surface area contributed by atoms with Gasteiger partial charge in [-0.3, -0.25) is 15.0 Å². The summed E-state index contributed by atoms with van der Waals surface area (Å²) in [6.07, 6.45) is 5.72. The number of rotatable bonds is 4. The molecule has 0 radical (unpaired) electrons. The van der Waals surface area contributed by atoms with Crippen molar-refractivity contribution in [2.24, 2.45) is 4.99 Å². The molecular formula is C13H21N3. The summed E-state index contributed by atoms with van der Waals surface area (Å²) in [5.41, 5.74) is 2.79. The van der Waals surface area contributed by atoms with E-state index in [4.69, 9.17) is 0 Å². The standard InChI is InChI=1S/C13H21N3/c1-6-13(5,7-2)15-9-12-11(4)16-10(3)8-14-12/h8-9H,6-7H2,1-5H3/b15-9-. The van der Waals surface area contributed by atoms with Gasteiger partial charge in [0.2, 0.25) is 0 Å². The van der Waals surface area contributed by atoms with Crippen LogP contribution >= 0.6 is 0 Å². The highest BCUT2D eigenvalue weighted by molar-refractivity contribution is 5.78. The van der Waals surface area contributed by atoms with Gasteiger partial charge >= 0.3 is 0 Å². The smallest absolute Gasteiger partial charge is 0.102 e. The van der Waals surface area contributed by atoms with Crippen molar-refractivity contribution in [2.45, 2.75) is 53.0 Å². The van der Waals surface area contributed by atoms with Gasteiger partial charge in [-0.1, -0.05) is 13.8 Å². The van der Waals surface area contributed by atoms with Gasteiger partial charge < -0.3 is 0 Å². The molecule has 0 fully saturated rings. The summed E-state index contributed by atoms with van der Waals surface area (Å²) in [5, 5.41) is 0. The number of aliphatic imine (C=N–C) groups is 1. The van der Waals surface area contributed by atoms with E-state index in [0.29, 0.717) is 0 Å². The van der Waals surface area contributed by atoms with Crippen molar-refractivity contribution in [1.29, 1.82) is 0 Å². The van der Waals surface area contributed by atoms with Crippen LogP contribution in [0.25, 0.3) is 0 Å². The molecule has 0 unspecified atom stereocenters. The molecular weight excluding hydrogens is 198 g/mol. The second-order valence-electron chi connectivity index (χ2n) is 4.44. The SMILES string of the molecule is CCC(C)(CC)/N=C\c1ncc(C)nc1C. The van der Waals surface area contributed by atoms with E-state index < -0.39 is 0 Å². The van der Waals surface area contributed by atoms with Crippen LogP contribution < -0.4 is 0 Å². The van der Waals surface area contributed by atoms with Crippen LogP contribution in [0.2, 0.25) is 0 Å². The summed E-state index contributed by atoms with van der Waals surface area (Å²) in [4.78, 5) is 13.3. The van der Waals surface area contributed by atoms with Crippen LogP contribution in [0.3, 0.4) is 0 Å². The van der Waals surface area contributed by atoms with E-state index >= 15 is 0 Å². The third-order valence-electron chi connectivity index (χ3n) is 3.13. The molecule has 1 aromatic rings. The van der Waals surface area contributed by atoms with Crippen LogP contribution in [0.15, 0.2) is 11.2 Å². The third-order valence-corrected chi connectivity index (χ3v) is 3.13. The van der Waals surface area contributed by atoms with Gasteiger partial charge in [0.25, 0.3) is 0 Å². The quantitative estimate of drug-likeness (QED) is 0.730. The maximum absolute atomic E-state index is 4.63. The highest BCUT2D eigenvalue weighted by Gasteiger charge is 2.16. The Hall–Kier alpha value is -1.25. The summed E-state index contributed by atoms with van der Waals surface area (Å²) < 4.78 is 0. The van der Waals surface area contributed by atoms with Gasteiger partial charge in [-0.25, -0.2) is 0 Å². The minimum atomic E-state index is 0.0268. The number of aryl methyl sites for hydroxylation is 2. The van der Waals surface area contributed by atoms with Crippen molar-refractivity contribution in [3.05, 3.63) is 23.3 Å². The molecule has 3 nitrogen and oxygen atoms in total. The number of aromatic nitrogens is 2. The van der Waals surface area contributed by atoms with Crippen molar-refractivity contribution in [1.82, 2.24) is 9.97 Å². The lowest BCUT2D eigenvalue weighted by Crippen LogP contribution is -2.19. The highest BCUT2D eigenvalue weighted by Crippen LogP contribution is 2.19. The number of hydrogen-bond acceptors (Lipinski definition) is 3. The molecule has 0 aromatic carbocycles. The molecule has 0 aliphatic carbocycles. The molecule has 1 heterocycles. The number of hydrogen-bond donors (Lipinski definition) is 0.